The Kier molecular flexibility index (Phi) is 7.56. The van der Waals surface area contributed by atoms with Gasteiger partial charge in [0.25, 0.3) is 15.9 Å². The predicted molar refractivity (Wildman–Crippen MR) is 123 cm³/mol. The smallest absolute Gasteiger partial charge is 0.338 e. The predicted octanol–water partition coefficient (Wildman–Crippen LogP) is 3.56. The van der Waals surface area contributed by atoms with E-state index in [1.54, 1.807) is 36.1 Å². The van der Waals surface area contributed by atoms with Gasteiger partial charge in [-0.2, -0.15) is 0 Å². The lowest BCUT2D eigenvalue weighted by Gasteiger charge is -2.34. The fourth-order valence-electron chi connectivity index (χ4n) is 4.14. The first kappa shape index (κ1) is 23.8. The first-order chi connectivity index (χ1) is 15.2. The van der Waals surface area contributed by atoms with Gasteiger partial charge in [0, 0.05) is 19.6 Å². The minimum atomic E-state index is -3.78. The molecule has 0 bridgehead atoms. The van der Waals surface area contributed by atoms with Crippen LogP contribution in [0.1, 0.15) is 37.6 Å². The Bertz CT molecular complexity index is 1030. The Morgan fingerprint density at radius 3 is 2.16 bits per heavy atom. The van der Waals surface area contributed by atoms with Gasteiger partial charge in [0.1, 0.15) is 0 Å². The summed E-state index contributed by atoms with van der Waals surface area (Å²) < 4.78 is 32.6. The third-order valence-electron chi connectivity index (χ3n) is 5.56. The van der Waals surface area contributed by atoms with Gasteiger partial charge < -0.3 is 9.64 Å². The lowest BCUT2D eigenvalue weighted by molar-refractivity contribution is -0.137. The number of rotatable bonds is 7. The number of hydrogen-bond acceptors (Lipinski definition) is 5. The van der Waals surface area contributed by atoms with Gasteiger partial charge in [0.15, 0.2) is 6.61 Å². The number of anilines is 1. The standard InChI is InChI=1S/C24H30N2O5S/c1-4-26(21-8-6-5-7-9-21)32(29,30)22-12-10-20(11-13-22)24(28)31-17-23(27)25-15-18(2)14-19(3)16-25/h5-13,18-19H,4,14-17H2,1-3H3/t18-,19+. The number of ether oxygens (including phenoxy) is 1. The zero-order chi connectivity index (χ0) is 23.3. The zero-order valence-corrected chi connectivity index (χ0v) is 19.5. The number of hydrogen-bond donors (Lipinski definition) is 0. The van der Waals surface area contributed by atoms with E-state index < -0.39 is 16.0 Å². The van der Waals surface area contributed by atoms with Crippen molar-refractivity contribution in [2.45, 2.75) is 32.1 Å². The molecule has 1 amide bonds. The minimum Gasteiger partial charge on any atom is -0.452 e. The average Bonchev–Trinajstić information content (AvgIpc) is 2.77. The number of carbonyl (C=O) groups excluding carboxylic acids is 2. The molecular formula is C24H30N2O5S. The molecular weight excluding hydrogens is 428 g/mol. The van der Waals surface area contributed by atoms with Gasteiger partial charge >= 0.3 is 5.97 Å². The number of esters is 1. The number of likely N-dealkylation sites (tertiary alicyclic amines) is 1. The molecule has 0 radical (unpaired) electrons. The van der Waals surface area contributed by atoms with Crippen LogP contribution in [-0.2, 0) is 19.6 Å². The molecule has 0 N–H and O–H groups in total. The van der Waals surface area contributed by atoms with Crippen molar-refractivity contribution in [1.82, 2.24) is 4.90 Å². The SMILES string of the molecule is CCN(c1ccccc1)S(=O)(=O)c1ccc(C(=O)OCC(=O)N2C[C@H](C)C[C@H](C)C2)cc1. The largest absolute Gasteiger partial charge is 0.452 e. The number of nitrogens with zero attached hydrogens (tertiary/aromatic N) is 2. The van der Waals surface area contributed by atoms with Crippen LogP contribution in [0.4, 0.5) is 5.69 Å². The Morgan fingerprint density at radius 1 is 1.00 bits per heavy atom. The van der Waals surface area contributed by atoms with Crippen LogP contribution >= 0.6 is 0 Å². The molecule has 172 valence electrons. The average molecular weight is 459 g/mol. The van der Waals surface area contributed by atoms with Crippen molar-refractivity contribution in [3.05, 3.63) is 60.2 Å². The van der Waals surface area contributed by atoms with E-state index in [4.69, 9.17) is 4.74 Å². The summed E-state index contributed by atoms with van der Waals surface area (Å²) in [6, 6.07) is 14.4. The fourth-order valence-corrected chi connectivity index (χ4v) is 5.62. The van der Waals surface area contributed by atoms with Gasteiger partial charge in [-0.3, -0.25) is 9.10 Å². The van der Waals surface area contributed by atoms with Gasteiger partial charge in [-0.05, 0) is 61.6 Å². The van der Waals surface area contributed by atoms with E-state index in [9.17, 15) is 18.0 Å². The first-order valence-electron chi connectivity index (χ1n) is 10.8. The summed E-state index contributed by atoms with van der Waals surface area (Å²) in [5.41, 5.74) is 0.762. The van der Waals surface area contributed by atoms with Crippen molar-refractivity contribution in [1.29, 1.82) is 0 Å². The van der Waals surface area contributed by atoms with Crippen LogP contribution in [0.2, 0.25) is 0 Å². The van der Waals surface area contributed by atoms with Crippen LogP contribution < -0.4 is 4.31 Å². The van der Waals surface area contributed by atoms with E-state index in [-0.39, 0.29) is 29.5 Å². The van der Waals surface area contributed by atoms with Gasteiger partial charge in [0.2, 0.25) is 0 Å². The maximum atomic E-state index is 13.0. The summed E-state index contributed by atoms with van der Waals surface area (Å²) in [5, 5.41) is 0. The Hall–Kier alpha value is -2.87. The Labute approximate surface area is 190 Å². The van der Waals surface area contributed by atoms with Gasteiger partial charge in [-0.1, -0.05) is 32.0 Å². The van der Waals surface area contributed by atoms with E-state index in [0.717, 1.165) is 6.42 Å². The Morgan fingerprint density at radius 2 is 1.59 bits per heavy atom. The molecule has 0 saturated carbocycles. The van der Waals surface area contributed by atoms with Crippen LogP contribution in [0.5, 0.6) is 0 Å². The number of carbonyl (C=O) groups is 2. The molecule has 1 fully saturated rings. The quantitative estimate of drug-likeness (QED) is 0.593. The molecule has 2 atom stereocenters. The van der Waals surface area contributed by atoms with Crippen molar-refractivity contribution in [3.63, 3.8) is 0 Å². The second-order valence-corrected chi connectivity index (χ2v) is 10.2. The summed E-state index contributed by atoms with van der Waals surface area (Å²) in [4.78, 5) is 26.6. The van der Waals surface area contributed by atoms with E-state index in [1.807, 2.05) is 6.07 Å². The van der Waals surface area contributed by atoms with Crippen LogP contribution in [0.3, 0.4) is 0 Å². The maximum absolute atomic E-state index is 13.0. The molecule has 3 rings (SSSR count). The highest BCUT2D eigenvalue weighted by molar-refractivity contribution is 7.92. The van der Waals surface area contributed by atoms with E-state index >= 15 is 0 Å². The number of para-hydroxylation sites is 1. The fraction of sp³-hybridized carbons (Fsp3) is 0.417. The van der Waals surface area contributed by atoms with Crippen molar-refractivity contribution in [2.75, 3.05) is 30.5 Å². The van der Waals surface area contributed by atoms with Crippen LogP contribution in [0.25, 0.3) is 0 Å². The second-order valence-electron chi connectivity index (χ2n) is 8.35. The highest BCUT2D eigenvalue weighted by Crippen LogP contribution is 2.24. The summed E-state index contributed by atoms with van der Waals surface area (Å²) in [7, 11) is -3.78. The highest BCUT2D eigenvalue weighted by Gasteiger charge is 2.27. The van der Waals surface area contributed by atoms with E-state index in [1.165, 1.54) is 28.6 Å². The number of sulfonamides is 1. The summed E-state index contributed by atoms with van der Waals surface area (Å²) in [6.07, 6.45) is 1.08. The molecule has 0 unspecified atom stereocenters. The monoisotopic (exact) mass is 458 g/mol. The first-order valence-corrected chi connectivity index (χ1v) is 12.3. The van der Waals surface area contributed by atoms with Gasteiger partial charge in [-0.15, -0.1) is 0 Å². The molecule has 1 aliphatic rings. The number of piperidine rings is 1. The molecule has 8 heteroatoms. The van der Waals surface area contributed by atoms with Crippen molar-refractivity contribution < 1.29 is 22.7 Å². The third kappa shape index (κ3) is 5.48. The molecule has 0 aromatic heterocycles. The number of amides is 1. The second kappa shape index (κ2) is 10.2. The molecule has 2 aromatic rings. The van der Waals surface area contributed by atoms with Crippen molar-refractivity contribution in [3.8, 4) is 0 Å². The summed E-state index contributed by atoms with van der Waals surface area (Å²) >= 11 is 0. The van der Waals surface area contributed by atoms with Crippen molar-refractivity contribution >= 4 is 27.6 Å². The van der Waals surface area contributed by atoms with E-state index in [2.05, 4.69) is 13.8 Å². The van der Waals surface area contributed by atoms with Crippen LogP contribution in [0.15, 0.2) is 59.5 Å². The molecule has 1 saturated heterocycles. The van der Waals surface area contributed by atoms with Crippen LogP contribution in [0, 0.1) is 11.8 Å². The summed E-state index contributed by atoms with van der Waals surface area (Å²) in [6.45, 7) is 7.26. The molecule has 1 aliphatic heterocycles. The summed E-state index contributed by atoms with van der Waals surface area (Å²) in [5.74, 6) is -0.0221. The molecule has 0 spiro atoms. The molecule has 2 aromatic carbocycles. The minimum absolute atomic E-state index is 0.0760. The number of benzene rings is 2. The third-order valence-corrected chi connectivity index (χ3v) is 7.47. The van der Waals surface area contributed by atoms with Gasteiger partial charge in [0.05, 0.1) is 16.1 Å². The molecule has 32 heavy (non-hydrogen) atoms. The highest BCUT2D eigenvalue weighted by atomic mass is 32.2. The lowest BCUT2D eigenvalue weighted by Crippen LogP contribution is -2.44. The zero-order valence-electron chi connectivity index (χ0n) is 18.7. The molecule has 1 heterocycles. The molecule has 7 nitrogen and oxygen atoms in total. The van der Waals surface area contributed by atoms with E-state index in [0.29, 0.717) is 30.6 Å². The maximum Gasteiger partial charge on any atom is 0.338 e. The van der Waals surface area contributed by atoms with Crippen molar-refractivity contribution in [2.24, 2.45) is 11.8 Å². The Balaban J connectivity index is 1.64. The van der Waals surface area contributed by atoms with Crippen LogP contribution in [-0.4, -0.2) is 51.4 Å². The normalized spacial score (nSPS) is 18.8. The topological polar surface area (TPSA) is 84.0 Å². The molecule has 0 aliphatic carbocycles. The lowest BCUT2D eigenvalue weighted by atomic mass is 9.92. The van der Waals surface area contributed by atoms with Gasteiger partial charge in [-0.25, -0.2) is 13.2 Å².